The fraction of sp³-hybridized carbons (Fsp3) is 0.667. The molecule has 5 nitrogen and oxygen atoms in total. The van der Waals surface area contributed by atoms with Gasteiger partial charge >= 0.3 is 5.97 Å². The van der Waals surface area contributed by atoms with E-state index in [1.807, 2.05) is 0 Å². The van der Waals surface area contributed by atoms with Crippen LogP contribution < -0.4 is 5.73 Å². The summed E-state index contributed by atoms with van der Waals surface area (Å²) in [6.07, 6.45) is 5.53. The van der Waals surface area contributed by atoms with Crippen LogP contribution in [0.5, 0.6) is 0 Å². The van der Waals surface area contributed by atoms with Gasteiger partial charge in [-0.05, 0) is 12.8 Å². The standard InChI is InChI=1S/C12H20N2O3/c1-2-7-14(9-11(16)17)10(15)8-12(13)5-3-4-6-12/h2H,1,3-9,13H2,(H,16,17). The molecule has 1 saturated carbocycles. The van der Waals surface area contributed by atoms with Crippen LogP contribution in [0, 0.1) is 0 Å². The summed E-state index contributed by atoms with van der Waals surface area (Å²) < 4.78 is 0. The number of amides is 1. The van der Waals surface area contributed by atoms with E-state index in [4.69, 9.17) is 10.8 Å². The Bertz CT molecular complexity index is 309. The first-order valence-corrected chi connectivity index (χ1v) is 5.86. The number of hydrogen-bond donors (Lipinski definition) is 2. The molecule has 1 aliphatic rings. The lowest BCUT2D eigenvalue weighted by atomic mass is 9.94. The fourth-order valence-corrected chi connectivity index (χ4v) is 2.24. The van der Waals surface area contributed by atoms with Gasteiger partial charge in [0.2, 0.25) is 5.91 Å². The van der Waals surface area contributed by atoms with E-state index in [1.165, 1.54) is 11.0 Å². The van der Waals surface area contributed by atoms with Crippen molar-refractivity contribution in [2.75, 3.05) is 13.1 Å². The highest BCUT2D eigenvalue weighted by molar-refractivity contribution is 5.82. The lowest BCUT2D eigenvalue weighted by Crippen LogP contribution is -2.45. The molecule has 0 spiro atoms. The van der Waals surface area contributed by atoms with Gasteiger partial charge in [0.15, 0.2) is 0 Å². The molecule has 0 bridgehead atoms. The van der Waals surface area contributed by atoms with Crippen molar-refractivity contribution in [1.29, 1.82) is 0 Å². The van der Waals surface area contributed by atoms with Crippen molar-refractivity contribution in [2.24, 2.45) is 5.73 Å². The highest BCUT2D eigenvalue weighted by Gasteiger charge is 2.33. The van der Waals surface area contributed by atoms with E-state index in [2.05, 4.69) is 6.58 Å². The van der Waals surface area contributed by atoms with Crippen LogP contribution in [0.25, 0.3) is 0 Å². The van der Waals surface area contributed by atoms with Crippen LogP contribution in [-0.2, 0) is 9.59 Å². The van der Waals surface area contributed by atoms with Crippen molar-refractivity contribution in [1.82, 2.24) is 4.90 Å². The first-order chi connectivity index (χ1) is 7.97. The summed E-state index contributed by atoms with van der Waals surface area (Å²) in [4.78, 5) is 23.9. The Morgan fingerprint density at radius 3 is 2.47 bits per heavy atom. The largest absolute Gasteiger partial charge is 0.480 e. The van der Waals surface area contributed by atoms with Gasteiger partial charge in [-0.2, -0.15) is 0 Å². The molecule has 1 fully saturated rings. The third-order valence-electron chi connectivity index (χ3n) is 3.13. The predicted octanol–water partition coefficient (Wildman–Crippen LogP) is 0.747. The Labute approximate surface area is 101 Å². The SMILES string of the molecule is C=CCN(CC(=O)O)C(=O)CC1(N)CCCC1. The van der Waals surface area contributed by atoms with Crippen LogP contribution >= 0.6 is 0 Å². The topological polar surface area (TPSA) is 83.6 Å². The second kappa shape index (κ2) is 5.82. The van der Waals surface area contributed by atoms with E-state index in [-0.39, 0.29) is 25.4 Å². The van der Waals surface area contributed by atoms with Gasteiger partial charge in [-0.1, -0.05) is 18.9 Å². The van der Waals surface area contributed by atoms with Gasteiger partial charge in [0.05, 0.1) is 0 Å². The smallest absolute Gasteiger partial charge is 0.323 e. The molecule has 0 atom stereocenters. The van der Waals surface area contributed by atoms with Gasteiger partial charge in [-0.25, -0.2) is 0 Å². The molecule has 0 aromatic carbocycles. The third-order valence-corrected chi connectivity index (χ3v) is 3.13. The molecule has 1 rings (SSSR count). The number of carbonyl (C=O) groups excluding carboxylic acids is 1. The normalized spacial score (nSPS) is 17.7. The molecular formula is C12H20N2O3. The van der Waals surface area contributed by atoms with Crippen LogP contribution in [0.1, 0.15) is 32.1 Å². The van der Waals surface area contributed by atoms with Crippen molar-refractivity contribution in [2.45, 2.75) is 37.6 Å². The molecule has 0 saturated heterocycles. The van der Waals surface area contributed by atoms with E-state index < -0.39 is 11.5 Å². The molecule has 5 heteroatoms. The summed E-state index contributed by atoms with van der Waals surface area (Å²) in [7, 11) is 0. The summed E-state index contributed by atoms with van der Waals surface area (Å²) in [5.41, 5.74) is 5.67. The van der Waals surface area contributed by atoms with E-state index in [1.54, 1.807) is 0 Å². The van der Waals surface area contributed by atoms with Gasteiger partial charge in [-0.3, -0.25) is 9.59 Å². The minimum absolute atomic E-state index is 0.197. The number of carboxylic acid groups (broad SMARTS) is 1. The Hall–Kier alpha value is -1.36. The van der Waals surface area contributed by atoms with Crippen LogP contribution in [0.4, 0.5) is 0 Å². The second-order valence-corrected chi connectivity index (χ2v) is 4.70. The number of aliphatic carboxylic acids is 1. The summed E-state index contributed by atoms with van der Waals surface area (Å²) in [6.45, 7) is 3.48. The summed E-state index contributed by atoms with van der Waals surface area (Å²) >= 11 is 0. The molecule has 0 aliphatic heterocycles. The predicted molar refractivity (Wildman–Crippen MR) is 64.4 cm³/mol. The van der Waals surface area contributed by atoms with Gasteiger partial charge in [-0.15, -0.1) is 6.58 Å². The molecule has 0 radical (unpaired) electrons. The molecular weight excluding hydrogens is 220 g/mol. The average Bonchev–Trinajstić information content (AvgIpc) is 2.63. The molecule has 17 heavy (non-hydrogen) atoms. The van der Waals surface area contributed by atoms with Crippen molar-refractivity contribution >= 4 is 11.9 Å². The Morgan fingerprint density at radius 2 is 2.00 bits per heavy atom. The van der Waals surface area contributed by atoms with Crippen LogP contribution in [0.3, 0.4) is 0 Å². The van der Waals surface area contributed by atoms with Gasteiger partial charge < -0.3 is 15.7 Å². The number of carbonyl (C=O) groups is 2. The van der Waals surface area contributed by atoms with E-state index in [0.717, 1.165) is 25.7 Å². The first-order valence-electron chi connectivity index (χ1n) is 5.86. The minimum Gasteiger partial charge on any atom is -0.480 e. The average molecular weight is 240 g/mol. The molecule has 3 N–H and O–H groups in total. The van der Waals surface area contributed by atoms with Gasteiger partial charge in [0.1, 0.15) is 6.54 Å². The Balaban J connectivity index is 2.57. The van der Waals surface area contributed by atoms with Crippen molar-refractivity contribution in [3.8, 4) is 0 Å². The minimum atomic E-state index is -1.02. The first kappa shape index (κ1) is 13.7. The van der Waals surface area contributed by atoms with Crippen LogP contribution in [-0.4, -0.2) is 40.5 Å². The molecule has 96 valence electrons. The quantitative estimate of drug-likeness (QED) is 0.671. The molecule has 1 aliphatic carbocycles. The lowest BCUT2D eigenvalue weighted by Gasteiger charge is -2.27. The maximum absolute atomic E-state index is 12.0. The van der Waals surface area contributed by atoms with E-state index in [0.29, 0.717) is 0 Å². The Morgan fingerprint density at radius 1 is 1.41 bits per heavy atom. The number of nitrogens with zero attached hydrogens (tertiary/aromatic N) is 1. The summed E-state index contributed by atoms with van der Waals surface area (Å²) in [6, 6.07) is 0. The highest BCUT2D eigenvalue weighted by Crippen LogP contribution is 2.30. The zero-order valence-electron chi connectivity index (χ0n) is 10.0. The van der Waals surface area contributed by atoms with Crippen molar-refractivity contribution < 1.29 is 14.7 Å². The second-order valence-electron chi connectivity index (χ2n) is 4.70. The molecule has 1 amide bonds. The van der Waals surface area contributed by atoms with Crippen LogP contribution in [0.2, 0.25) is 0 Å². The summed E-state index contributed by atoms with van der Waals surface area (Å²) in [5.74, 6) is -1.21. The fourth-order valence-electron chi connectivity index (χ4n) is 2.24. The van der Waals surface area contributed by atoms with Gasteiger partial charge in [0.25, 0.3) is 0 Å². The maximum atomic E-state index is 12.0. The number of rotatable bonds is 6. The molecule has 0 heterocycles. The summed E-state index contributed by atoms with van der Waals surface area (Å²) in [5, 5.41) is 8.73. The van der Waals surface area contributed by atoms with E-state index in [9.17, 15) is 9.59 Å². The molecule has 0 aromatic heterocycles. The maximum Gasteiger partial charge on any atom is 0.323 e. The third kappa shape index (κ3) is 4.19. The number of hydrogen-bond acceptors (Lipinski definition) is 3. The zero-order chi connectivity index (χ0) is 12.9. The lowest BCUT2D eigenvalue weighted by molar-refractivity contribution is -0.144. The van der Waals surface area contributed by atoms with Crippen molar-refractivity contribution in [3.05, 3.63) is 12.7 Å². The van der Waals surface area contributed by atoms with Crippen LogP contribution in [0.15, 0.2) is 12.7 Å². The van der Waals surface area contributed by atoms with E-state index >= 15 is 0 Å². The zero-order valence-corrected chi connectivity index (χ0v) is 10.0. The van der Waals surface area contributed by atoms with Crippen molar-refractivity contribution in [3.63, 3.8) is 0 Å². The highest BCUT2D eigenvalue weighted by atomic mass is 16.4. The number of carboxylic acids is 1. The number of nitrogens with two attached hydrogens (primary N) is 1. The molecule has 0 unspecified atom stereocenters. The molecule has 0 aromatic rings. The Kier molecular flexibility index (Phi) is 4.69. The van der Waals surface area contributed by atoms with Gasteiger partial charge in [0, 0.05) is 18.5 Å². The monoisotopic (exact) mass is 240 g/mol.